The first-order chi connectivity index (χ1) is 9.38. The molecule has 1 aliphatic rings. The molecule has 0 spiro atoms. The van der Waals surface area contributed by atoms with Crippen molar-refractivity contribution in [2.24, 2.45) is 11.7 Å². The van der Waals surface area contributed by atoms with Crippen LogP contribution in [0.3, 0.4) is 0 Å². The second-order valence-electron chi connectivity index (χ2n) is 5.41. The van der Waals surface area contributed by atoms with Crippen molar-refractivity contribution in [3.8, 4) is 0 Å². The maximum atomic E-state index is 5.95. The Morgan fingerprint density at radius 3 is 2.79 bits per heavy atom. The monoisotopic (exact) mass is 255 g/mol. The standard InChI is InChI=1S/C16H21N3/c17-11-15(13-6-1-2-7-13)19-16-14-8-4-3-5-12(14)9-10-18-16/h3-5,8-10,13,15H,1-2,6-7,11,17H2,(H,18,19). The van der Waals surface area contributed by atoms with E-state index >= 15 is 0 Å². The number of nitrogens with two attached hydrogens (primary N) is 1. The van der Waals surface area contributed by atoms with Gasteiger partial charge in [-0.1, -0.05) is 37.1 Å². The summed E-state index contributed by atoms with van der Waals surface area (Å²) < 4.78 is 0. The molecule has 1 unspecified atom stereocenters. The topological polar surface area (TPSA) is 50.9 Å². The van der Waals surface area contributed by atoms with Crippen molar-refractivity contribution < 1.29 is 0 Å². The fourth-order valence-corrected chi connectivity index (χ4v) is 3.14. The van der Waals surface area contributed by atoms with E-state index < -0.39 is 0 Å². The number of fused-ring (bicyclic) bond motifs is 1. The molecular formula is C16H21N3. The highest BCUT2D eigenvalue weighted by atomic mass is 15.0. The number of anilines is 1. The SMILES string of the molecule is NCC(Nc1nccc2ccccc12)C1CCCC1. The summed E-state index contributed by atoms with van der Waals surface area (Å²) in [6.45, 7) is 0.676. The molecule has 1 fully saturated rings. The van der Waals surface area contributed by atoms with Crippen LogP contribution in [0.15, 0.2) is 36.5 Å². The first-order valence-electron chi connectivity index (χ1n) is 7.19. The minimum atomic E-state index is 0.348. The van der Waals surface area contributed by atoms with E-state index in [9.17, 15) is 0 Å². The lowest BCUT2D eigenvalue weighted by atomic mass is 9.98. The molecule has 1 aromatic heterocycles. The summed E-state index contributed by atoms with van der Waals surface area (Å²) in [5.74, 6) is 1.67. The zero-order valence-electron chi connectivity index (χ0n) is 11.2. The fraction of sp³-hybridized carbons (Fsp3) is 0.438. The lowest BCUT2D eigenvalue weighted by Gasteiger charge is -2.24. The number of aromatic nitrogens is 1. The van der Waals surface area contributed by atoms with Crippen molar-refractivity contribution in [3.05, 3.63) is 36.5 Å². The van der Waals surface area contributed by atoms with E-state index in [1.165, 1.54) is 36.5 Å². The highest BCUT2D eigenvalue weighted by Gasteiger charge is 2.24. The molecule has 3 heteroatoms. The smallest absolute Gasteiger partial charge is 0.134 e. The van der Waals surface area contributed by atoms with Crippen molar-refractivity contribution in [2.75, 3.05) is 11.9 Å². The third-order valence-corrected chi connectivity index (χ3v) is 4.22. The average molecular weight is 255 g/mol. The van der Waals surface area contributed by atoms with Crippen LogP contribution in [0.4, 0.5) is 5.82 Å². The Morgan fingerprint density at radius 2 is 2.00 bits per heavy atom. The summed E-state index contributed by atoms with van der Waals surface area (Å²) in [5.41, 5.74) is 5.95. The molecule has 0 saturated heterocycles. The molecule has 1 atom stereocenters. The molecule has 0 radical (unpaired) electrons. The van der Waals surface area contributed by atoms with Gasteiger partial charge >= 0.3 is 0 Å². The molecule has 19 heavy (non-hydrogen) atoms. The van der Waals surface area contributed by atoms with Crippen LogP contribution in [0.25, 0.3) is 10.8 Å². The van der Waals surface area contributed by atoms with Gasteiger partial charge in [-0.15, -0.1) is 0 Å². The fourth-order valence-electron chi connectivity index (χ4n) is 3.14. The van der Waals surface area contributed by atoms with Gasteiger partial charge in [0.1, 0.15) is 5.82 Å². The van der Waals surface area contributed by atoms with E-state index in [4.69, 9.17) is 5.73 Å². The van der Waals surface area contributed by atoms with Crippen molar-refractivity contribution >= 4 is 16.6 Å². The van der Waals surface area contributed by atoms with Gasteiger partial charge < -0.3 is 11.1 Å². The number of rotatable bonds is 4. The van der Waals surface area contributed by atoms with Gasteiger partial charge in [0.05, 0.1) is 0 Å². The van der Waals surface area contributed by atoms with Crippen LogP contribution >= 0.6 is 0 Å². The highest BCUT2D eigenvalue weighted by molar-refractivity contribution is 5.91. The molecule has 2 aromatic rings. The van der Waals surface area contributed by atoms with Crippen molar-refractivity contribution in [1.82, 2.24) is 4.98 Å². The second-order valence-corrected chi connectivity index (χ2v) is 5.41. The summed E-state index contributed by atoms with van der Waals surface area (Å²) >= 11 is 0. The number of nitrogens with zero attached hydrogens (tertiary/aromatic N) is 1. The summed E-state index contributed by atoms with van der Waals surface area (Å²) in [5, 5.41) is 5.98. The minimum Gasteiger partial charge on any atom is -0.365 e. The second kappa shape index (κ2) is 5.57. The van der Waals surface area contributed by atoms with Crippen LogP contribution in [-0.4, -0.2) is 17.6 Å². The predicted octanol–water partition coefficient (Wildman–Crippen LogP) is 3.16. The van der Waals surface area contributed by atoms with Crippen LogP contribution in [0.5, 0.6) is 0 Å². The van der Waals surface area contributed by atoms with Gasteiger partial charge in [-0.05, 0) is 30.2 Å². The van der Waals surface area contributed by atoms with Crippen molar-refractivity contribution in [2.45, 2.75) is 31.7 Å². The third-order valence-electron chi connectivity index (χ3n) is 4.22. The highest BCUT2D eigenvalue weighted by Crippen LogP contribution is 2.30. The number of hydrogen-bond donors (Lipinski definition) is 2. The summed E-state index contributed by atoms with van der Waals surface area (Å²) in [6.07, 6.45) is 7.13. The van der Waals surface area contributed by atoms with Gasteiger partial charge in [0.15, 0.2) is 0 Å². The number of nitrogens with one attached hydrogen (secondary N) is 1. The Bertz CT molecular complexity index is 541. The van der Waals surface area contributed by atoms with E-state index in [2.05, 4.69) is 34.6 Å². The van der Waals surface area contributed by atoms with Crippen molar-refractivity contribution in [1.29, 1.82) is 0 Å². The average Bonchev–Trinajstić information content (AvgIpc) is 2.99. The lowest BCUT2D eigenvalue weighted by molar-refractivity contribution is 0.461. The summed E-state index contributed by atoms with van der Waals surface area (Å²) in [4.78, 5) is 4.50. The van der Waals surface area contributed by atoms with Gasteiger partial charge in [0, 0.05) is 24.2 Å². The van der Waals surface area contributed by atoms with E-state index in [1.807, 2.05) is 12.3 Å². The molecule has 3 rings (SSSR count). The predicted molar refractivity (Wildman–Crippen MR) is 80.2 cm³/mol. The van der Waals surface area contributed by atoms with Gasteiger partial charge in [-0.25, -0.2) is 4.98 Å². The molecule has 3 nitrogen and oxygen atoms in total. The Morgan fingerprint density at radius 1 is 1.21 bits per heavy atom. The first kappa shape index (κ1) is 12.4. The van der Waals surface area contributed by atoms with E-state index in [0.717, 1.165) is 5.82 Å². The molecule has 1 aromatic carbocycles. The maximum absolute atomic E-state index is 5.95. The zero-order chi connectivity index (χ0) is 13.1. The first-order valence-corrected chi connectivity index (χ1v) is 7.19. The number of benzene rings is 1. The molecule has 1 heterocycles. The molecular weight excluding hydrogens is 234 g/mol. The van der Waals surface area contributed by atoms with Crippen LogP contribution in [-0.2, 0) is 0 Å². The quantitative estimate of drug-likeness (QED) is 0.882. The van der Waals surface area contributed by atoms with Crippen LogP contribution in [0.1, 0.15) is 25.7 Å². The third kappa shape index (κ3) is 2.56. The van der Waals surface area contributed by atoms with E-state index in [-0.39, 0.29) is 0 Å². The minimum absolute atomic E-state index is 0.348. The molecule has 0 bridgehead atoms. The number of hydrogen-bond acceptors (Lipinski definition) is 3. The zero-order valence-corrected chi connectivity index (χ0v) is 11.2. The molecule has 0 aliphatic heterocycles. The van der Waals surface area contributed by atoms with Gasteiger partial charge in [-0.3, -0.25) is 0 Å². The molecule has 100 valence electrons. The van der Waals surface area contributed by atoms with Crippen LogP contribution in [0, 0.1) is 5.92 Å². The Labute approximate surface area is 114 Å². The molecule has 1 aliphatic carbocycles. The Kier molecular flexibility index (Phi) is 3.65. The normalized spacial score (nSPS) is 17.7. The van der Waals surface area contributed by atoms with Gasteiger partial charge in [0.2, 0.25) is 0 Å². The number of pyridine rings is 1. The lowest BCUT2D eigenvalue weighted by Crippen LogP contribution is -2.35. The van der Waals surface area contributed by atoms with Gasteiger partial charge in [0.25, 0.3) is 0 Å². The molecule has 3 N–H and O–H groups in total. The van der Waals surface area contributed by atoms with E-state index in [1.54, 1.807) is 0 Å². The molecule has 0 amide bonds. The van der Waals surface area contributed by atoms with Crippen molar-refractivity contribution in [3.63, 3.8) is 0 Å². The Hall–Kier alpha value is -1.61. The van der Waals surface area contributed by atoms with E-state index in [0.29, 0.717) is 18.5 Å². The Balaban J connectivity index is 1.87. The summed E-state index contributed by atoms with van der Waals surface area (Å²) in [6, 6.07) is 10.8. The largest absolute Gasteiger partial charge is 0.365 e. The van der Waals surface area contributed by atoms with Crippen LogP contribution in [0.2, 0.25) is 0 Å². The van der Waals surface area contributed by atoms with Gasteiger partial charge in [-0.2, -0.15) is 0 Å². The maximum Gasteiger partial charge on any atom is 0.134 e. The van der Waals surface area contributed by atoms with Crippen LogP contribution < -0.4 is 11.1 Å². The molecule has 1 saturated carbocycles. The summed E-state index contributed by atoms with van der Waals surface area (Å²) in [7, 11) is 0.